The highest BCUT2D eigenvalue weighted by atomic mass is 19.4. The summed E-state index contributed by atoms with van der Waals surface area (Å²) in [5, 5.41) is 5.29. The summed E-state index contributed by atoms with van der Waals surface area (Å²) < 4.78 is 74.9. The first-order chi connectivity index (χ1) is 15.1. The number of carbonyl (C=O) groups excluding carboxylic acids is 1. The second kappa shape index (κ2) is 8.15. The fourth-order valence-corrected chi connectivity index (χ4v) is 3.71. The SMILES string of the molecule is CCC(F)(F)c1cc(-c2ccnc3c2[C@H](C(F)(F)F)OC(=O)N3)nc(N2CCNCC2)c1. The van der Waals surface area contributed by atoms with Crippen molar-refractivity contribution in [1.29, 1.82) is 0 Å². The van der Waals surface area contributed by atoms with Crippen LogP contribution in [0, 0.1) is 0 Å². The van der Waals surface area contributed by atoms with Crippen molar-refractivity contribution < 1.29 is 31.5 Å². The van der Waals surface area contributed by atoms with E-state index in [1.165, 1.54) is 25.3 Å². The summed E-state index contributed by atoms with van der Waals surface area (Å²) >= 11 is 0. The molecule has 0 saturated carbocycles. The van der Waals surface area contributed by atoms with Gasteiger partial charge in [-0.2, -0.15) is 13.2 Å². The second-order valence-electron chi connectivity index (χ2n) is 7.47. The summed E-state index contributed by atoms with van der Waals surface area (Å²) in [5.41, 5.74) is -1.01. The Morgan fingerprint density at radius 3 is 2.56 bits per heavy atom. The zero-order chi connectivity index (χ0) is 23.1. The van der Waals surface area contributed by atoms with E-state index in [1.54, 1.807) is 4.90 Å². The number of rotatable bonds is 4. The van der Waals surface area contributed by atoms with Crippen molar-refractivity contribution in [2.45, 2.75) is 31.5 Å². The molecule has 12 heteroatoms. The van der Waals surface area contributed by atoms with E-state index < -0.39 is 36.3 Å². The molecule has 4 rings (SSSR count). The predicted octanol–water partition coefficient (Wildman–Crippen LogP) is 4.22. The van der Waals surface area contributed by atoms with Crippen LogP contribution in [0.15, 0.2) is 24.4 Å². The summed E-state index contributed by atoms with van der Waals surface area (Å²) in [5.74, 6) is -3.32. The van der Waals surface area contributed by atoms with E-state index in [9.17, 15) is 26.7 Å². The molecule has 0 aromatic carbocycles. The normalized spacial score (nSPS) is 19.2. The van der Waals surface area contributed by atoms with Gasteiger partial charge in [-0.3, -0.25) is 5.32 Å². The summed E-state index contributed by atoms with van der Waals surface area (Å²) in [7, 11) is 0. The highest BCUT2D eigenvalue weighted by molar-refractivity contribution is 5.89. The number of ether oxygens (including phenoxy) is 1. The molecule has 4 heterocycles. The minimum absolute atomic E-state index is 0.0863. The third-order valence-electron chi connectivity index (χ3n) is 5.39. The molecule has 172 valence electrons. The molecule has 0 unspecified atom stereocenters. The van der Waals surface area contributed by atoms with Crippen LogP contribution in [0.2, 0.25) is 0 Å². The summed E-state index contributed by atoms with van der Waals surface area (Å²) in [4.78, 5) is 21.6. The highest BCUT2D eigenvalue weighted by Gasteiger charge is 2.49. The Bertz CT molecular complexity index is 1020. The zero-order valence-electron chi connectivity index (χ0n) is 17.0. The van der Waals surface area contributed by atoms with E-state index >= 15 is 0 Å². The van der Waals surface area contributed by atoms with Crippen LogP contribution in [0.25, 0.3) is 11.3 Å². The number of aromatic nitrogens is 2. The molecule has 2 N–H and O–H groups in total. The standard InChI is InChI=1S/C20H20F5N5O2/c1-2-19(21,22)11-9-13(28-14(10-11)30-7-5-26-6-8-30)12-3-4-27-17-15(12)16(20(23,24)25)32-18(31)29-17/h3-4,9-10,16,26H,2,5-8H2,1H3,(H,27,29,31)/t16-/m1/s1. The van der Waals surface area contributed by atoms with E-state index in [-0.39, 0.29) is 28.5 Å². The van der Waals surface area contributed by atoms with Crippen molar-refractivity contribution in [1.82, 2.24) is 15.3 Å². The number of cyclic esters (lactones) is 1. The maximum atomic E-state index is 14.7. The molecule has 0 radical (unpaired) electrons. The number of halogens is 5. The Labute approximate surface area is 180 Å². The topological polar surface area (TPSA) is 79.4 Å². The van der Waals surface area contributed by atoms with Gasteiger partial charge < -0.3 is 15.0 Å². The van der Waals surface area contributed by atoms with Gasteiger partial charge in [0.25, 0.3) is 5.92 Å². The molecule has 0 aliphatic carbocycles. The first kappa shape index (κ1) is 22.2. The Kier molecular flexibility index (Phi) is 5.65. The average molecular weight is 457 g/mol. The minimum Gasteiger partial charge on any atom is -0.431 e. The monoisotopic (exact) mass is 457 g/mol. The van der Waals surface area contributed by atoms with Crippen LogP contribution in [-0.2, 0) is 10.7 Å². The zero-order valence-corrected chi connectivity index (χ0v) is 17.0. The lowest BCUT2D eigenvalue weighted by atomic mass is 9.96. The molecule has 1 amide bonds. The third kappa shape index (κ3) is 4.18. The van der Waals surface area contributed by atoms with Gasteiger partial charge in [0.15, 0.2) is 0 Å². The number of carbonyl (C=O) groups is 1. The molecular weight excluding hydrogens is 437 g/mol. The van der Waals surface area contributed by atoms with Crippen molar-refractivity contribution in [3.63, 3.8) is 0 Å². The van der Waals surface area contributed by atoms with Crippen molar-refractivity contribution in [3.8, 4) is 11.3 Å². The van der Waals surface area contributed by atoms with Crippen molar-refractivity contribution in [2.75, 3.05) is 36.4 Å². The van der Waals surface area contributed by atoms with Gasteiger partial charge in [0.2, 0.25) is 6.10 Å². The van der Waals surface area contributed by atoms with Crippen LogP contribution in [0.4, 0.5) is 38.4 Å². The maximum absolute atomic E-state index is 14.7. The van der Waals surface area contributed by atoms with Gasteiger partial charge in [-0.1, -0.05) is 6.92 Å². The lowest BCUT2D eigenvalue weighted by Gasteiger charge is -2.31. The number of fused-ring (bicyclic) bond motifs is 1. The number of hydrogen-bond donors (Lipinski definition) is 2. The number of piperazine rings is 1. The molecule has 1 saturated heterocycles. The number of amides is 1. The van der Waals surface area contributed by atoms with Gasteiger partial charge in [0.1, 0.15) is 11.6 Å². The van der Waals surface area contributed by atoms with Crippen LogP contribution < -0.4 is 15.5 Å². The molecule has 1 fully saturated rings. The van der Waals surface area contributed by atoms with Gasteiger partial charge >= 0.3 is 12.3 Å². The van der Waals surface area contributed by atoms with Crippen LogP contribution >= 0.6 is 0 Å². The Hall–Kier alpha value is -3.02. The number of nitrogens with one attached hydrogen (secondary N) is 2. The lowest BCUT2D eigenvalue weighted by Crippen LogP contribution is -2.44. The van der Waals surface area contributed by atoms with Crippen molar-refractivity contribution in [2.24, 2.45) is 0 Å². The largest absolute Gasteiger partial charge is 0.431 e. The van der Waals surface area contributed by atoms with E-state index in [4.69, 9.17) is 0 Å². The van der Waals surface area contributed by atoms with Crippen molar-refractivity contribution >= 4 is 17.7 Å². The number of anilines is 2. The molecule has 0 spiro atoms. The molecule has 1 atom stereocenters. The summed E-state index contributed by atoms with van der Waals surface area (Å²) in [6.07, 6.45) is -8.14. The average Bonchev–Trinajstić information content (AvgIpc) is 2.77. The molecular formula is C20H20F5N5O2. The fourth-order valence-electron chi connectivity index (χ4n) is 3.71. The second-order valence-corrected chi connectivity index (χ2v) is 7.47. The van der Waals surface area contributed by atoms with Gasteiger partial charge in [-0.15, -0.1) is 0 Å². The molecule has 0 bridgehead atoms. The van der Waals surface area contributed by atoms with E-state index in [0.717, 1.165) is 6.07 Å². The molecule has 2 aliphatic rings. The Morgan fingerprint density at radius 1 is 1.19 bits per heavy atom. The first-order valence-electron chi connectivity index (χ1n) is 10.00. The highest BCUT2D eigenvalue weighted by Crippen LogP contribution is 2.46. The van der Waals surface area contributed by atoms with Gasteiger partial charge in [-0.05, 0) is 18.2 Å². The van der Waals surface area contributed by atoms with Gasteiger partial charge in [0.05, 0.1) is 11.3 Å². The Morgan fingerprint density at radius 2 is 1.91 bits per heavy atom. The quantitative estimate of drug-likeness (QED) is 0.670. The van der Waals surface area contributed by atoms with Crippen molar-refractivity contribution in [3.05, 3.63) is 35.5 Å². The minimum atomic E-state index is -4.93. The van der Waals surface area contributed by atoms with Gasteiger partial charge in [0, 0.05) is 49.9 Å². The summed E-state index contributed by atoms with van der Waals surface area (Å²) in [6.45, 7) is 3.57. The van der Waals surface area contributed by atoms with Crippen LogP contribution in [0.1, 0.15) is 30.6 Å². The smallest absolute Gasteiger partial charge is 0.430 e. The van der Waals surface area contributed by atoms with E-state index in [1.807, 2.05) is 0 Å². The molecule has 2 aliphatic heterocycles. The van der Waals surface area contributed by atoms with Gasteiger partial charge in [-0.25, -0.2) is 23.5 Å². The Balaban J connectivity index is 1.91. The number of pyridine rings is 2. The van der Waals surface area contributed by atoms with E-state index in [0.29, 0.717) is 26.2 Å². The molecule has 2 aromatic heterocycles. The number of alkyl halides is 5. The predicted molar refractivity (Wildman–Crippen MR) is 106 cm³/mol. The molecule has 7 nitrogen and oxygen atoms in total. The van der Waals surface area contributed by atoms with Crippen LogP contribution in [0.3, 0.4) is 0 Å². The number of hydrogen-bond acceptors (Lipinski definition) is 6. The number of nitrogens with zero attached hydrogens (tertiary/aromatic N) is 3. The maximum Gasteiger partial charge on any atom is 0.430 e. The third-order valence-corrected chi connectivity index (χ3v) is 5.39. The lowest BCUT2D eigenvalue weighted by molar-refractivity contribution is -0.206. The van der Waals surface area contributed by atoms with E-state index in [2.05, 4.69) is 25.3 Å². The van der Waals surface area contributed by atoms with Crippen LogP contribution in [0.5, 0.6) is 0 Å². The first-order valence-corrected chi connectivity index (χ1v) is 10.00. The van der Waals surface area contributed by atoms with Crippen LogP contribution in [-0.4, -0.2) is 48.4 Å². The molecule has 32 heavy (non-hydrogen) atoms. The fraction of sp³-hybridized carbons (Fsp3) is 0.450. The summed E-state index contributed by atoms with van der Waals surface area (Å²) in [6, 6.07) is 3.59. The molecule has 2 aromatic rings.